The molecule has 2 aromatic carbocycles. The first-order valence-electron chi connectivity index (χ1n) is 6.54. The molecular formula is C16H15F2NOS. The summed E-state index contributed by atoms with van der Waals surface area (Å²) in [5.74, 6) is -2.70. The largest absolute Gasteiger partial charge is 0.322 e. The molecule has 1 N–H and O–H groups in total. The summed E-state index contributed by atoms with van der Waals surface area (Å²) in [7, 11) is 0. The number of hydrogen-bond acceptors (Lipinski definition) is 2. The van der Waals surface area contributed by atoms with Crippen LogP contribution in [0.2, 0.25) is 0 Å². The highest BCUT2D eigenvalue weighted by atomic mass is 32.2. The second-order valence-corrected chi connectivity index (χ2v) is 5.43. The van der Waals surface area contributed by atoms with Crippen molar-refractivity contribution in [2.45, 2.75) is 24.0 Å². The van der Waals surface area contributed by atoms with Gasteiger partial charge in [-0.25, -0.2) is 0 Å². The topological polar surface area (TPSA) is 29.1 Å². The van der Waals surface area contributed by atoms with Gasteiger partial charge in [0, 0.05) is 16.1 Å². The summed E-state index contributed by atoms with van der Waals surface area (Å²) in [6.07, 6.45) is 0.820. The van der Waals surface area contributed by atoms with E-state index in [2.05, 4.69) is 5.32 Å². The highest BCUT2D eigenvalue weighted by Crippen LogP contribution is 2.25. The number of rotatable bonds is 5. The number of nitrogens with one attached hydrogen (secondary N) is 1. The minimum atomic E-state index is -2.46. The molecule has 2 aromatic rings. The van der Waals surface area contributed by atoms with Crippen LogP contribution in [0.3, 0.4) is 0 Å². The lowest BCUT2D eigenvalue weighted by atomic mass is 10.1. The molecule has 0 spiro atoms. The zero-order chi connectivity index (χ0) is 15.2. The molecule has 5 heteroatoms. The molecule has 0 fully saturated rings. The highest BCUT2D eigenvalue weighted by molar-refractivity contribution is 7.99. The van der Waals surface area contributed by atoms with Gasteiger partial charge in [-0.05, 0) is 42.3 Å². The number of amides is 1. The molecule has 0 aliphatic rings. The van der Waals surface area contributed by atoms with E-state index in [-0.39, 0.29) is 5.91 Å². The third-order valence-corrected chi connectivity index (χ3v) is 3.71. The Bertz CT molecular complexity index is 614. The molecule has 0 saturated heterocycles. The Morgan fingerprint density at radius 2 is 1.81 bits per heavy atom. The molecule has 2 nitrogen and oxygen atoms in total. The van der Waals surface area contributed by atoms with Crippen LogP contribution in [0.15, 0.2) is 53.4 Å². The molecule has 110 valence electrons. The summed E-state index contributed by atoms with van der Waals surface area (Å²) in [6, 6.07) is 13.7. The fourth-order valence-electron chi connectivity index (χ4n) is 1.93. The molecule has 2 rings (SSSR count). The number of hydrogen-bond donors (Lipinski definition) is 1. The lowest BCUT2D eigenvalue weighted by Gasteiger charge is -2.10. The van der Waals surface area contributed by atoms with Crippen molar-refractivity contribution >= 4 is 23.4 Å². The molecule has 0 unspecified atom stereocenters. The third-order valence-electron chi connectivity index (χ3n) is 2.99. The fraction of sp³-hybridized carbons (Fsp3) is 0.188. The Morgan fingerprint density at radius 1 is 1.14 bits per heavy atom. The van der Waals surface area contributed by atoms with Gasteiger partial charge in [-0.2, -0.15) is 8.78 Å². The second kappa shape index (κ2) is 7.22. The summed E-state index contributed by atoms with van der Waals surface area (Å²) >= 11 is 0.464. The quantitative estimate of drug-likeness (QED) is 0.803. The number of carbonyl (C=O) groups is 1. The Kier molecular flexibility index (Phi) is 5.33. The molecule has 21 heavy (non-hydrogen) atoms. The van der Waals surface area contributed by atoms with Crippen LogP contribution in [0.4, 0.5) is 14.5 Å². The predicted octanol–water partition coefficient (Wildman–Crippen LogP) is 4.82. The van der Waals surface area contributed by atoms with Gasteiger partial charge in [-0.3, -0.25) is 4.79 Å². The van der Waals surface area contributed by atoms with Crippen LogP contribution in [0.1, 0.15) is 22.8 Å². The number of para-hydroxylation sites is 1. The zero-order valence-corrected chi connectivity index (χ0v) is 12.3. The van der Waals surface area contributed by atoms with E-state index in [1.54, 1.807) is 12.1 Å². The third kappa shape index (κ3) is 4.29. The second-order valence-electron chi connectivity index (χ2n) is 4.37. The van der Waals surface area contributed by atoms with Gasteiger partial charge in [-0.1, -0.05) is 36.9 Å². The van der Waals surface area contributed by atoms with Crippen molar-refractivity contribution in [1.82, 2.24) is 0 Å². The van der Waals surface area contributed by atoms with E-state index in [0.717, 1.165) is 17.7 Å². The standard InChI is InChI=1S/C16H15F2NOS/c1-2-11-5-3-4-6-14(11)19-15(20)12-7-9-13(10-8-12)21-16(17)18/h3-10,16H,2H2,1H3,(H,19,20). The van der Waals surface area contributed by atoms with Gasteiger partial charge >= 0.3 is 0 Å². The minimum Gasteiger partial charge on any atom is -0.322 e. The fourth-order valence-corrected chi connectivity index (χ4v) is 2.43. The van der Waals surface area contributed by atoms with Gasteiger partial charge in [0.25, 0.3) is 11.7 Å². The van der Waals surface area contributed by atoms with Crippen molar-refractivity contribution < 1.29 is 13.6 Å². The van der Waals surface area contributed by atoms with Gasteiger partial charge in [0.15, 0.2) is 0 Å². The zero-order valence-electron chi connectivity index (χ0n) is 11.5. The maximum absolute atomic E-state index is 12.2. The van der Waals surface area contributed by atoms with Crippen molar-refractivity contribution in [3.8, 4) is 0 Å². The summed E-state index contributed by atoms with van der Waals surface area (Å²) in [5, 5.41) is 2.84. The summed E-state index contributed by atoms with van der Waals surface area (Å²) in [5.41, 5.74) is 2.27. The predicted molar refractivity (Wildman–Crippen MR) is 82.1 cm³/mol. The van der Waals surface area contributed by atoms with Gasteiger partial charge < -0.3 is 5.32 Å². The van der Waals surface area contributed by atoms with Crippen LogP contribution in [-0.2, 0) is 6.42 Å². The minimum absolute atomic E-state index is 0.246. The average molecular weight is 307 g/mol. The Balaban J connectivity index is 2.09. The van der Waals surface area contributed by atoms with Crippen LogP contribution in [0, 0.1) is 0 Å². The van der Waals surface area contributed by atoms with Crippen LogP contribution < -0.4 is 5.32 Å². The first-order valence-corrected chi connectivity index (χ1v) is 7.42. The summed E-state index contributed by atoms with van der Waals surface area (Å²) in [6.45, 7) is 2.02. The van der Waals surface area contributed by atoms with Crippen molar-refractivity contribution in [3.05, 3.63) is 59.7 Å². The maximum atomic E-state index is 12.2. The summed E-state index contributed by atoms with van der Waals surface area (Å²) in [4.78, 5) is 12.6. The molecular weight excluding hydrogens is 292 g/mol. The molecule has 0 bridgehead atoms. The number of alkyl halides is 2. The van der Waals surface area contributed by atoms with Gasteiger partial charge in [0.2, 0.25) is 0 Å². The van der Waals surface area contributed by atoms with Crippen molar-refractivity contribution in [2.24, 2.45) is 0 Å². The van der Waals surface area contributed by atoms with Crippen molar-refractivity contribution in [1.29, 1.82) is 0 Å². The summed E-state index contributed by atoms with van der Waals surface area (Å²) < 4.78 is 24.5. The number of halogens is 2. The van der Waals surface area contributed by atoms with Crippen LogP contribution in [0.5, 0.6) is 0 Å². The molecule has 0 aromatic heterocycles. The molecule has 0 atom stereocenters. The van der Waals surface area contributed by atoms with Crippen molar-refractivity contribution in [3.63, 3.8) is 0 Å². The van der Waals surface area contributed by atoms with Crippen LogP contribution in [0.25, 0.3) is 0 Å². The SMILES string of the molecule is CCc1ccccc1NC(=O)c1ccc(SC(F)F)cc1. The lowest BCUT2D eigenvalue weighted by Crippen LogP contribution is -2.13. The first-order chi connectivity index (χ1) is 10.1. The normalized spacial score (nSPS) is 10.7. The number of carbonyl (C=O) groups excluding carboxylic acids is 1. The Morgan fingerprint density at radius 3 is 2.43 bits per heavy atom. The lowest BCUT2D eigenvalue weighted by molar-refractivity contribution is 0.102. The average Bonchev–Trinajstić information content (AvgIpc) is 2.48. The van der Waals surface area contributed by atoms with Crippen molar-refractivity contribution in [2.75, 3.05) is 5.32 Å². The van der Waals surface area contributed by atoms with Gasteiger partial charge in [0.1, 0.15) is 0 Å². The van der Waals surface area contributed by atoms with Crippen LogP contribution in [-0.4, -0.2) is 11.7 Å². The maximum Gasteiger partial charge on any atom is 0.288 e. The number of thioether (sulfide) groups is 1. The Labute approximate surface area is 126 Å². The molecule has 0 heterocycles. The first kappa shape index (κ1) is 15.5. The molecule has 1 amide bonds. The van der Waals surface area contributed by atoms with Gasteiger partial charge in [0.05, 0.1) is 0 Å². The number of aryl methyl sites for hydroxylation is 1. The van der Waals surface area contributed by atoms with E-state index in [0.29, 0.717) is 22.2 Å². The van der Waals surface area contributed by atoms with E-state index in [9.17, 15) is 13.6 Å². The van der Waals surface area contributed by atoms with Gasteiger partial charge in [-0.15, -0.1) is 0 Å². The Hall–Kier alpha value is -1.88. The van der Waals surface area contributed by atoms with E-state index in [1.807, 2.05) is 31.2 Å². The van der Waals surface area contributed by atoms with Crippen LogP contribution >= 0.6 is 11.8 Å². The molecule has 0 radical (unpaired) electrons. The number of anilines is 1. The number of benzene rings is 2. The monoisotopic (exact) mass is 307 g/mol. The molecule has 0 aliphatic heterocycles. The molecule has 0 aliphatic carbocycles. The van der Waals surface area contributed by atoms with E-state index < -0.39 is 5.76 Å². The van der Waals surface area contributed by atoms with E-state index in [4.69, 9.17) is 0 Å². The smallest absolute Gasteiger partial charge is 0.288 e. The van der Waals surface area contributed by atoms with E-state index >= 15 is 0 Å². The molecule has 0 saturated carbocycles. The highest BCUT2D eigenvalue weighted by Gasteiger charge is 2.10. The van der Waals surface area contributed by atoms with E-state index in [1.165, 1.54) is 12.1 Å².